The maximum Gasteiger partial charge on any atom is 0.303 e. The van der Waals surface area contributed by atoms with Crippen molar-refractivity contribution >= 4 is 23.6 Å². The number of ether oxygens (including phenoxy) is 1. The molecule has 264 valence electrons. The summed E-state index contributed by atoms with van der Waals surface area (Å²) >= 11 is 0. The number of fused-ring (bicyclic) bond motifs is 7. The van der Waals surface area contributed by atoms with Crippen molar-refractivity contribution in [1.29, 1.82) is 0 Å². The molecule has 0 saturated heterocycles. The molecule has 4 fully saturated rings. The maximum absolute atomic E-state index is 14.7. The van der Waals surface area contributed by atoms with E-state index in [0.717, 1.165) is 83.5 Å². The first-order valence-corrected chi connectivity index (χ1v) is 18.8. The van der Waals surface area contributed by atoms with Crippen molar-refractivity contribution in [3.63, 3.8) is 0 Å². The van der Waals surface area contributed by atoms with Crippen LogP contribution in [0.1, 0.15) is 152 Å². The summed E-state index contributed by atoms with van der Waals surface area (Å²) in [5, 5.41) is 12.1. The SMILES string of the molecule is CC(=O)O[C@H]1CC[C@]2(C)[C@H]3C(=O)C=C4[C@@H]5C[C@@](C)(C(=O)NCCCCCCCC(=O)O)CC[C@]5(C)CC[C@@]4(C)[C@]3(C)CC[C@H]2C1(C)C. The van der Waals surface area contributed by atoms with E-state index in [4.69, 9.17) is 9.84 Å². The number of allylic oxidation sites excluding steroid dienone is 2. The molecule has 7 heteroatoms. The quantitative estimate of drug-likeness (QED) is 0.181. The molecule has 0 unspecified atom stereocenters. The summed E-state index contributed by atoms with van der Waals surface area (Å²) in [5.74, 6) is -0.0727. The first kappa shape index (κ1) is 36.1. The number of amides is 1. The average molecular weight is 654 g/mol. The van der Waals surface area contributed by atoms with E-state index in [1.807, 2.05) is 0 Å². The molecule has 9 atom stereocenters. The lowest BCUT2D eigenvalue weighted by Crippen LogP contribution is -2.66. The van der Waals surface area contributed by atoms with Crippen molar-refractivity contribution in [2.45, 2.75) is 158 Å². The molecule has 0 radical (unpaired) electrons. The Hall–Kier alpha value is -2.18. The van der Waals surface area contributed by atoms with Gasteiger partial charge < -0.3 is 15.2 Å². The molecule has 0 bridgehead atoms. The van der Waals surface area contributed by atoms with Crippen LogP contribution in [-0.4, -0.2) is 41.4 Å². The van der Waals surface area contributed by atoms with Gasteiger partial charge in [-0.2, -0.15) is 0 Å². The Labute approximate surface area is 283 Å². The molecule has 5 aliphatic carbocycles. The number of esters is 1. The second-order valence-electron chi connectivity index (χ2n) is 18.4. The molecule has 5 rings (SSSR count). The lowest BCUT2D eigenvalue weighted by Gasteiger charge is -2.70. The number of hydrogen-bond donors (Lipinski definition) is 2. The van der Waals surface area contributed by atoms with Crippen molar-refractivity contribution in [3.8, 4) is 0 Å². The van der Waals surface area contributed by atoms with Crippen molar-refractivity contribution < 1.29 is 29.0 Å². The van der Waals surface area contributed by atoms with Gasteiger partial charge >= 0.3 is 11.9 Å². The first-order valence-electron chi connectivity index (χ1n) is 18.8. The summed E-state index contributed by atoms with van der Waals surface area (Å²) in [6.07, 6.45) is 15.3. The minimum Gasteiger partial charge on any atom is -0.481 e. The molecule has 0 aromatic rings. The number of unbranched alkanes of at least 4 members (excludes halogenated alkanes) is 4. The molecule has 0 heterocycles. The van der Waals surface area contributed by atoms with E-state index >= 15 is 0 Å². The van der Waals surface area contributed by atoms with Crippen LogP contribution in [-0.2, 0) is 23.9 Å². The van der Waals surface area contributed by atoms with Gasteiger partial charge in [-0.1, -0.05) is 73.3 Å². The maximum atomic E-state index is 14.7. The Morgan fingerprint density at radius 3 is 2.21 bits per heavy atom. The normalized spacial score (nSPS) is 42.1. The van der Waals surface area contributed by atoms with Gasteiger partial charge in [-0.25, -0.2) is 0 Å². The number of carboxylic acid groups (broad SMARTS) is 1. The summed E-state index contributed by atoms with van der Waals surface area (Å²) in [4.78, 5) is 51.2. The van der Waals surface area contributed by atoms with Crippen LogP contribution in [0.4, 0.5) is 0 Å². The summed E-state index contributed by atoms with van der Waals surface area (Å²) < 4.78 is 5.87. The van der Waals surface area contributed by atoms with Crippen LogP contribution < -0.4 is 5.32 Å². The van der Waals surface area contributed by atoms with Gasteiger partial charge in [0.2, 0.25) is 5.91 Å². The fourth-order valence-electron chi connectivity index (χ4n) is 12.1. The van der Waals surface area contributed by atoms with Crippen LogP contribution in [0.15, 0.2) is 11.6 Å². The minimum atomic E-state index is -0.736. The van der Waals surface area contributed by atoms with Crippen LogP contribution in [0.25, 0.3) is 0 Å². The van der Waals surface area contributed by atoms with E-state index in [9.17, 15) is 19.2 Å². The molecule has 0 aromatic carbocycles. The van der Waals surface area contributed by atoms with Crippen molar-refractivity contribution in [2.75, 3.05) is 6.54 Å². The molecular formula is C40H63NO6. The first-order chi connectivity index (χ1) is 21.8. The zero-order chi connectivity index (χ0) is 34.6. The molecular weight excluding hydrogens is 590 g/mol. The second-order valence-corrected chi connectivity index (χ2v) is 18.4. The number of ketones is 1. The summed E-state index contributed by atoms with van der Waals surface area (Å²) in [6.45, 7) is 18.5. The van der Waals surface area contributed by atoms with E-state index in [2.05, 4.69) is 59.9 Å². The molecule has 0 aliphatic heterocycles. The number of carbonyl (C=O) groups is 4. The number of rotatable bonds is 10. The Morgan fingerprint density at radius 1 is 0.872 bits per heavy atom. The van der Waals surface area contributed by atoms with Gasteiger partial charge in [0, 0.05) is 36.6 Å². The third-order valence-corrected chi connectivity index (χ3v) is 15.2. The van der Waals surface area contributed by atoms with Crippen molar-refractivity contribution in [3.05, 3.63) is 11.6 Å². The Kier molecular flexibility index (Phi) is 9.69. The molecule has 0 spiro atoms. The van der Waals surface area contributed by atoms with Gasteiger partial charge in [-0.3, -0.25) is 19.2 Å². The van der Waals surface area contributed by atoms with Crippen molar-refractivity contribution in [2.24, 2.45) is 50.2 Å². The Bertz CT molecular complexity index is 1300. The molecule has 4 saturated carbocycles. The van der Waals surface area contributed by atoms with Crippen LogP contribution >= 0.6 is 0 Å². The van der Waals surface area contributed by atoms with E-state index in [0.29, 0.717) is 24.7 Å². The molecule has 1 amide bonds. The van der Waals surface area contributed by atoms with E-state index in [1.165, 1.54) is 12.5 Å². The minimum absolute atomic E-state index is 0.0631. The van der Waals surface area contributed by atoms with Gasteiger partial charge in [0.05, 0.1) is 0 Å². The smallest absolute Gasteiger partial charge is 0.303 e. The highest BCUT2D eigenvalue weighted by atomic mass is 16.5. The molecule has 0 aromatic heterocycles. The monoisotopic (exact) mass is 653 g/mol. The number of aliphatic carboxylic acids is 1. The van der Waals surface area contributed by atoms with Gasteiger partial charge in [0.25, 0.3) is 0 Å². The summed E-state index contributed by atoms with van der Waals surface area (Å²) in [6, 6.07) is 0. The van der Waals surface area contributed by atoms with Gasteiger partial charge in [-0.05, 0) is 110 Å². The zero-order valence-corrected chi connectivity index (χ0v) is 30.7. The Balaban J connectivity index is 1.34. The standard InChI is InChI=1S/C40H63NO6/c1-26(42)47-31-16-17-38(6)30(35(31,2)3)15-18-40(8)33(38)29(43)24-27-28-25-37(5,20-19-36(28,4)21-22-39(27,40)7)34(46)41-23-13-11-9-10-12-14-32(44)45/h24,28,30-31,33H,9-23,25H2,1-8H3,(H,41,46)(H,44,45)/t28-,30-,31-,33+,36+,37-,38-,39+,40+/m0/s1. The third kappa shape index (κ3) is 6.02. The Morgan fingerprint density at radius 2 is 1.53 bits per heavy atom. The molecule has 47 heavy (non-hydrogen) atoms. The number of hydrogen-bond acceptors (Lipinski definition) is 5. The molecule has 2 N–H and O–H groups in total. The number of carbonyl (C=O) groups excluding carboxylic acids is 3. The molecule has 7 nitrogen and oxygen atoms in total. The second kappa shape index (κ2) is 12.6. The predicted octanol–water partition coefficient (Wildman–Crippen LogP) is 8.44. The van der Waals surface area contributed by atoms with Crippen LogP contribution in [0.5, 0.6) is 0 Å². The van der Waals surface area contributed by atoms with E-state index < -0.39 is 11.4 Å². The van der Waals surface area contributed by atoms with E-state index in [-0.39, 0.29) is 63.3 Å². The van der Waals surface area contributed by atoms with Gasteiger partial charge in [0.1, 0.15) is 6.10 Å². The largest absolute Gasteiger partial charge is 0.481 e. The highest BCUT2D eigenvalue weighted by molar-refractivity contribution is 5.95. The predicted molar refractivity (Wildman–Crippen MR) is 183 cm³/mol. The van der Waals surface area contributed by atoms with Crippen LogP contribution in [0.2, 0.25) is 0 Å². The van der Waals surface area contributed by atoms with Crippen LogP contribution in [0.3, 0.4) is 0 Å². The fraction of sp³-hybridized carbons (Fsp3) is 0.850. The molecule has 5 aliphatic rings. The topological polar surface area (TPSA) is 110 Å². The highest BCUT2D eigenvalue weighted by Crippen LogP contribution is 2.75. The summed E-state index contributed by atoms with van der Waals surface area (Å²) in [7, 11) is 0. The van der Waals surface area contributed by atoms with E-state index in [1.54, 1.807) is 0 Å². The van der Waals surface area contributed by atoms with Gasteiger partial charge in [-0.15, -0.1) is 0 Å². The van der Waals surface area contributed by atoms with Crippen molar-refractivity contribution in [1.82, 2.24) is 5.32 Å². The third-order valence-electron chi connectivity index (χ3n) is 15.2. The average Bonchev–Trinajstić information content (AvgIpc) is 2.97. The fourth-order valence-corrected chi connectivity index (χ4v) is 12.1. The van der Waals surface area contributed by atoms with Crippen LogP contribution in [0, 0.1) is 50.2 Å². The lowest BCUT2D eigenvalue weighted by molar-refractivity contribution is -0.210. The summed E-state index contributed by atoms with van der Waals surface area (Å²) in [5.41, 5.74) is 0.332. The zero-order valence-electron chi connectivity index (χ0n) is 30.7. The van der Waals surface area contributed by atoms with Gasteiger partial charge in [0.15, 0.2) is 5.78 Å². The highest BCUT2D eigenvalue weighted by Gasteiger charge is 2.70. The number of carboxylic acids is 1. The lowest BCUT2D eigenvalue weighted by atomic mass is 9.33. The number of nitrogens with one attached hydrogen (secondary N) is 1.